The van der Waals surface area contributed by atoms with E-state index in [0.717, 1.165) is 4.68 Å². The van der Waals surface area contributed by atoms with Crippen LogP contribution < -0.4 is 0 Å². The van der Waals surface area contributed by atoms with Crippen LogP contribution in [0.1, 0.15) is 41.5 Å². The summed E-state index contributed by atoms with van der Waals surface area (Å²) in [6, 6.07) is 0. The maximum Gasteiger partial charge on any atom is 0.408 e. The lowest BCUT2D eigenvalue weighted by atomic mass is 9.99. The van der Waals surface area contributed by atoms with Gasteiger partial charge in [0.1, 0.15) is 13.2 Å². The Morgan fingerprint density at radius 3 is 2.59 bits per heavy atom. The summed E-state index contributed by atoms with van der Waals surface area (Å²) in [4.78, 5) is 4.18. The van der Waals surface area contributed by atoms with Gasteiger partial charge in [-0.1, -0.05) is 5.16 Å². The number of methoxy groups -OCH3 is 1. The van der Waals surface area contributed by atoms with Crippen molar-refractivity contribution in [3.8, 4) is 0 Å². The van der Waals surface area contributed by atoms with Crippen molar-refractivity contribution in [2.75, 3.05) is 7.11 Å². The second-order valence-corrected chi connectivity index (χ2v) is 5.06. The third-order valence-electron chi connectivity index (χ3n) is 3.33. The van der Waals surface area contributed by atoms with E-state index in [0.29, 0.717) is 28.7 Å². The average Bonchev–Trinajstić information content (AvgIpc) is 2.94. The molecule has 0 aromatic carbocycles. The highest BCUT2D eigenvalue weighted by atomic mass is 19.4. The molecule has 0 N–H and O–H groups in total. The number of ether oxygens (including phenoxy) is 1. The normalized spacial score (nSPS) is 13.6. The zero-order valence-corrected chi connectivity index (χ0v) is 12.7. The summed E-state index contributed by atoms with van der Waals surface area (Å²) in [5.41, 5.74) is 1.62. The predicted octanol–water partition coefficient (Wildman–Crippen LogP) is 2.74. The van der Waals surface area contributed by atoms with Crippen molar-refractivity contribution >= 4 is 0 Å². The molecule has 0 bridgehead atoms. The Labute approximate surface area is 125 Å². The minimum atomic E-state index is -4.32. The van der Waals surface area contributed by atoms with Gasteiger partial charge in [0, 0.05) is 18.4 Å². The molecular weight excluding hydrogens is 301 g/mol. The van der Waals surface area contributed by atoms with Gasteiger partial charge in [-0.15, -0.1) is 0 Å². The van der Waals surface area contributed by atoms with Gasteiger partial charge in [0.05, 0.1) is 11.6 Å². The fourth-order valence-corrected chi connectivity index (χ4v) is 2.42. The molecule has 0 radical (unpaired) electrons. The maximum atomic E-state index is 12.6. The van der Waals surface area contributed by atoms with E-state index in [9.17, 15) is 13.2 Å². The Balaban J connectivity index is 2.31. The Bertz CT molecular complexity index is 648. The van der Waals surface area contributed by atoms with Crippen molar-refractivity contribution < 1.29 is 22.4 Å². The van der Waals surface area contributed by atoms with E-state index >= 15 is 0 Å². The summed E-state index contributed by atoms with van der Waals surface area (Å²) in [5.74, 6) is 0.368. The van der Waals surface area contributed by atoms with Crippen molar-refractivity contribution in [2.45, 2.75) is 46.0 Å². The second kappa shape index (κ2) is 6.07. The fourth-order valence-electron chi connectivity index (χ4n) is 2.42. The lowest BCUT2D eigenvalue weighted by Crippen LogP contribution is -2.19. The van der Waals surface area contributed by atoms with E-state index in [1.807, 2.05) is 0 Å². The van der Waals surface area contributed by atoms with E-state index in [4.69, 9.17) is 9.26 Å². The Morgan fingerprint density at radius 1 is 1.32 bits per heavy atom. The van der Waals surface area contributed by atoms with Gasteiger partial charge in [-0.3, -0.25) is 4.68 Å². The molecule has 2 aromatic rings. The van der Waals surface area contributed by atoms with Gasteiger partial charge in [-0.2, -0.15) is 23.3 Å². The van der Waals surface area contributed by atoms with E-state index < -0.39 is 12.7 Å². The minimum absolute atomic E-state index is 0.210. The zero-order chi connectivity index (χ0) is 16.5. The van der Waals surface area contributed by atoms with Crippen LogP contribution >= 0.6 is 0 Å². The molecule has 0 fully saturated rings. The van der Waals surface area contributed by atoms with Crippen molar-refractivity contribution in [2.24, 2.45) is 0 Å². The molecule has 2 heterocycles. The molecular formula is C13H17F3N4O2. The molecule has 0 amide bonds. The third-order valence-corrected chi connectivity index (χ3v) is 3.33. The topological polar surface area (TPSA) is 66.0 Å². The van der Waals surface area contributed by atoms with Gasteiger partial charge in [-0.05, 0) is 20.8 Å². The van der Waals surface area contributed by atoms with Crippen LogP contribution in [-0.2, 0) is 17.9 Å². The van der Waals surface area contributed by atoms with Crippen LogP contribution in [0.3, 0.4) is 0 Å². The summed E-state index contributed by atoms with van der Waals surface area (Å²) >= 11 is 0. The first-order valence-corrected chi connectivity index (χ1v) is 6.65. The van der Waals surface area contributed by atoms with E-state index in [1.54, 1.807) is 20.8 Å². The van der Waals surface area contributed by atoms with Crippen molar-refractivity contribution in [1.82, 2.24) is 19.9 Å². The first-order valence-electron chi connectivity index (χ1n) is 6.65. The molecule has 0 aliphatic rings. The van der Waals surface area contributed by atoms with Crippen molar-refractivity contribution in [3.63, 3.8) is 0 Å². The van der Waals surface area contributed by atoms with Crippen LogP contribution in [-0.4, -0.2) is 33.2 Å². The molecule has 2 rings (SSSR count). The van der Waals surface area contributed by atoms with Crippen molar-refractivity contribution in [1.29, 1.82) is 0 Å². The first kappa shape index (κ1) is 16.5. The van der Waals surface area contributed by atoms with E-state index in [2.05, 4.69) is 15.2 Å². The number of rotatable bonds is 5. The van der Waals surface area contributed by atoms with Crippen LogP contribution in [0.25, 0.3) is 0 Å². The predicted molar refractivity (Wildman–Crippen MR) is 70.3 cm³/mol. The summed E-state index contributed by atoms with van der Waals surface area (Å²) in [7, 11) is 1.51. The van der Waals surface area contributed by atoms with Gasteiger partial charge in [0.25, 0.3) is 0 Å². The molecule has 0 saturated heterocycles. The van der Waals surface area contributed by atoms with Crippen LogP contribution in [0.2, 0.25) is 0 Å². The van der Waals surface area contributed by atoms with Gasteiger partial charge in [-0.25, -0.2) is 0 Å². The highest BCUT2D eigenvalue weighted by molar-refractivity contribution is 5.32. The fraction of sp³-hybridized carbons (Fsp3) is 0.615. The molecule has 122 valence electrons. The van der Waals surface area contributed by atoms with Gasteiger partial charge in [0.15, 0.2) is 5.82 Å². The number of hydrogen-bond acceptors (Lipinski definition) is 5. The molecule has 9 heteroatoms. The number of aryl methyl sites for hydroxylation is 1. The number of aromatic nitrogens is 4. The monoisotopic (exact) mass is 318 g/mol. The van der Waals surface area contributed by atoms with Crippen LogP contribution in [0.4, 0.5) is 13.2 Å². The lowest BCUT2D eigenvalue weighted by Gasteiger charge is -2.10. The highest BCUT2D eigenvalue weighted by Gasteiger charge is 2.31. The van der Waals surface area contributed by atoms with Crippen LogP contribution in [0, 0.1) is 13.8 Å². The number of halogens is 3. The third kappa shape index (κ3) is 3.46. The quantitative estimate of drug-likeness (QED) is 0.848. The van der Waals surface area contributed by atoms with Gasteiger partial charge >= 0.3 is 6.18 Å². The average molecular weight is 318 g/mol. The molecule has 1 atom stereocenters. The SMILES string of the molecule is COCc1noc([C@H](C)c2c(C)nn(CC(F)(F)F)c2C)n1. The van der Waals surface area contributed by atoms with Gasteiger partial charge in [0.2, 0.25) is 5.89 Å². The molecule has 2 aromatic heterocycles. The lowest BCUT2D eigenvalue weighted by molar-refractivity contribution is -0.142. The largest absolute Gasteiger partial charge is 0.408 e. The molecule has 6 nitrogen and oxygen atoms in total. The molecule has 0 spiro atoms. The molecule has 0 saturated carbocycles. The molecule has 0 aliphatic carbocycles. The summed E-state index contributed by atoms with van der Waals surface area (Å²) in [6.45, 7) is 4.15. The summed E-state index contributed by atoms with van der Waals surface area (Å²) in [5, 5.41) is 7.73. The Kier molecular flexibility index (Phi) is 4.55. The van der Waals surface area contributed by atoms with Crippen molar-refractivity contribution in [3.05, 3.63) is 28.7 Å². The molecule has 0 unspecified atom stereocenters. The van der Waals surface area contributed by atoms with Gasteiger partial charge < -0.3 is 9.26 Å². The van der Waals surface area contributed by atoms with Crippen LogP contribution in [0.15, 0.2) is 4.52 Å². The first-order chi connectivity index (χ1) is 10.2. The smallest absolute Gasteiger partial charge is 0.377 e. The number of alkyl halides is 3. The van der Waals surface area contributed by atoms with Crippen LogP contribution in [0.5, 0.6) is 0 Å². The minimum Gasteiger partial charge on any atom is -0.377 e. The zero-order valence-electron chi connectivity index (χ0n) is 12.7. The number of nitrogens with zero attached hydrogens (tertiary/aromatic N) is 4. The van der Waals surface area contributed by atoms with E-state index in [1.165, 1.54) is 7.11 Å². The second-order valence-electron chi connectivity index (χ2n) is 5.06. The standard InChI is InChI=1S/C13H17F3N4O2/c1-7(12-17-10(5-21-4)19-22-12)11-8(2)18-20(9(11)3)6-13(14,15)16/h7H,5-6H2,1-4H3/t7-/m1/s1. The highest BCUT2D eigenvalue weighted by Crippen LogP contribution is 2.29. The van der Waals surface area contributed by atoms with E-state index in [-0.39, 0.29) is 12.5 Å². The summed E-state index contributed by atoms with van der Waals surface area (Å²) < 4.78 is 48.7. The molecule has 0 aliphatic heterocycles. The summed E-state index contributed by atoms with van der Waals surface area (Å²) in [6.07, 6.45) is -4.32. The maximum absolute atomic E-state index is 12.6. The number of hydrogen-bond donors (Lipinski definition) is 0. The Morgan fingerprint density at radius 2 is 2.00 bits per heavy atom. The Hall–Kier alpha value is -1.90. The molecule has 22 heavy (non-hydrogen) atoms.